The molecule has 6 heteroatoms. The number of para-hydroxylation sites is 2. The molecule has 2 aromatic carbocycles. The van der Waals surface area contributed by atoms with Gasteiger partial charge in [-0.05, 0) is 30.3 Å². The van der Waals surface area contributed by atoms with Crippen molar-refractivity contribution >= 4 is 33.4 Å². The predicted molar refractivity (Wildman–Crippen MR) is 82.0 cm³/mol. The van der Waals surface area contributed by atoms with Crippen LogP contribution in [0.4, 0.5) is 8.78 Å². The molecule has 0 fully saturated rings. The molecule has 0 saturated heterocycles. The van der Waals surface area contributed by atoms with E-state index in [9.17, 15) is 13.6 Å². The average Bonchev–Trinajstić information content (AvgIpc) is 2.99. The Labute approximate surface area is 126 Å². The Balaban J connectivity index is 2.01. The molecule has 0 spiro atoms. The van der Waals surface area contributed by atoms with Gasteiger partial charge < -0.3 is 0 Å². The van der Waals surface area contributed by atoms with E-state index in [2.05, 4.69) is 4.98 Å². The molecule has 0 aliphatic carbocycles. The van der Waals surface area contributed by atoms with Crippen LogP contribution in [0.3, 0.4) is 0 Å². The van der Waals surface area contributed by atoms with Crippen molar-refractivity contribution in [1.29, 1.82) is 0 Å². The fourth-order valence-corrected chi connectivity index (χ4v) is 3.35. The molecular formula is C16H8F2N2OS. The molecule has 4 aromatic rings. The van der Waals surface area contributed by atoms with Crippen LogP contribution in [0.15, 0.2) is 47.3 Å². The van der Waals surface area contributed by atoms with Crippen molar-refractivity contribution in [2.75, 3.05) is 0 Å². The summed E-state index contributed by atoms with van der Waals surface area (Å²) in [6, 6.07) is 10.6. The lowest BCUT2D eigenvalue weighted by Crippen LogP contribution is -2.22. The van der Waals surface area contributed by atoms with E-state index in [4.69, 9.17) is 0 Å². The molecule has 0 aliphatic heterocycles. The fourth-order valence-electron chi connectivity index (χ4n) is 2.37. The second-order valence-electron chi connectivity index (χ2n) is 4.80. The second-order valence-corrected chi connectivity index (χ2v) is 5.81. The molecule has 2 heterocycles. The van der Waals surface area contributed by atoms with E-state index in [0.717, 1.165) is 23.2 Å². The van der Waals surface area contributed by atoms with Crippen molar-refractivity contribution in [2.45, 2.75) is 0 Å². The highest BCUT2D eigenvalue weighted by atomic mass is 32.1. The van der Waals surface area contributed by atoms with Crippen molar-refractivity contribution in [3.63, 3.8) is 0 Å². The van der Waals surface area contributed by atoms with Gasteiger partial charge in [-0.2, -0.15) is 0 Å². The van der Waals surface area contributed by atoms with Gasteiger partial charge in [0.2, 0.25) is 0 Å². The third kappa shape index (κ3) is 1.92. The first-order valence-electron chi connectivity index (χ1n) is 6.50. The monoisotopic (exact) mass is 314 g/mol. The lowest BCUT2D eigenvalue weighted by atomic mass is 10.2. The summed E-state index contributed by atoms with van der Waals surface area (Å²) in [5.41, 5.74) is 1.38. The van der Waals surface area contributed by atoms with Gasteiger partial charge in [0.1, 0.15) is 11.6 Å². The minimum atomic E-state index is -0.699. The summed E-state index contributed by atoms with van der Waals surface area (Å²) in [7, 11) is 0. The van der Waals surface area contributed by atoms with Crippen LogP contribution < -0.4 is 10.1 Å². The lowest BCUT2D eigenvalue weighted by molar-refractivity contribution is 0.581. The van der Waals surface area contributed by atoms with Crippen LogP contribution >= 0.6 is 11.3 Å². The second kappa shape index (κ2) is 4.71. The summed E-state index contributed by atoms with van der Waals surface area (Å²) in [5.74, 6) is -1.35. The standard InChI is InChI=1S/C16H8F2N2OS/c17-10-6-5-9(11(18)8-10)7-14-15(21)20-13-4-2-1-3-12(13)19-16(20)22-14/h1-8H. The van der Waals surface area contributed by atoms with Gasteiger partial charge in [-0.25, -0.2) is 18.2 Å². The van der Waals surface area contributed by atoms with Crippen molar-refractivity contribution < 1.29 is 8.78 Å². The van der Waals surface area contributed by atoms with E-state index in [0.29, 0.717) is 9.49 Å². The highest BCUT2D eigenvalue weighted by Crippen LogP contribution is 2.16. The van der Waals surface area contributed by atoms with Crippen LogP contribution in [0.1, 0.15) is 5.56 Å². The maximum atomic E-state index is 13.7. The molecule has 0 saturated carbocycles. The molecule has 22 heavy (non-hydrogen) atoms. The first-order valence-corrected chi connectivity index (χ1v) is 7.32. The molecule has 0 unspecified atom stereocenters. The summed E-state index contributed by atoms with van der Waals surface area (Å²) in [4.78, 5) is 17.4. The lowest BCUT2D eigenvalue weighted by Gasteiger charge is -1.95. The largest absolute Gasteiger partial charge is 0.274 e. The molecule has 0 amide bonds. The Morgan fingerprint density at radius 3 is 2.77 bits per heavy atom. The molecule has 0 bridgehead atoms. The van der Waals surface area contributed by atoms with Gasteiger partial charge in [0.25, 0.3) is 5.56 Å². The molecule has 4 rings (SSSR count). The van der Waals surface area contributed by atoms with Gasteiger partial charge >= 0.3 is 0 Å². The van der Waals surface area contributed by atoms with Crippen molar-refractivity contribution in [2.24, 2.45) is 0 Å². The topological polar surface area (TPSA) is 34.4 Å². The van der Waals surface area contributed by atoms with Crippen LogP contribution in [0, 0.1) is 11.6 Å². The van der Waals surface area contributed by atoms with Crippen LogP contribution in [0.25, 0.3) is 22.1 Å². The van der Waals surface area contributed by atoms with Gasteiger partial charge in [-0.3, -0.25) is 4.79 Å². The predicted octanol–water partition coefficient (Wildman–Crippen LogP) is 2.74. The number of fused-ring (bicyclic) bond motifs is 3. The summed E-state index contributed by atoms with van der Waals surface area (Å²) in [5, 5.41) is 0. The highest BCUT2D eigenvalue weighted by molar-refractivity contribution is 7.15. The number of thiazole rings is 1. The minimum Gasteiger partial charge on any atom is -0.267 e. The zero-order valence-corrected chi connectivity index (χ0v) is 11.9. The maximum absolute atomic E-state index is 13.7. The normalized spacial score (nSPS) is 12.5. The van der Waals surface area contributed by atoms with E-state index in [-0.39, 0.29) is 11.1 Å². The van der Waals surface area contributed by atoms with Gasteiger partial charge in [0.05, 0.1) is 15.6 Å². The third-order valence-electron chi connectivity index (χ3n) is 3.39. The molecule has 0 atom stereocenters. The molecule has 0 radical (unpaired) electrons. The maximum Gasteiger partial charge on any atom is 0.274 e. The van der Waals surface area contributed by atoms with Crippen molar-refractivity contribution in [1.82, 2.24) is 9.38 Å². The number of rotatable bonds is 1. The van der Waals surface area contributed by atoms with E-state index in [1.165, 1.54) is 27.9 Å². The van der Waals surface area contributed by atoms with Crippen molar-refractivity contribution in [3.8, 4) is 0 Å². The zero-order valence-electron chi connectivity index (χ0n) is 11.1. The quantitative estimate of drug-likeness (QED) is 0.541. The van der Waals surface area contributed by atoms with Gasteiger partial charge in [0, 0.05) is 11.6 Å². The van der Waals surface area contributed by atoms with E-state index in [1.54, 1.807) is 0 Å². The van der Waals surface area contributed by atoms with Gasteiger partial charge in [-0.1, -0.05) is 23.5 Å². The molecule has 0 N–H and O–H groups in total. The molecule has 2 aromatic heterocycles. The van der Waals surface area contributed by atoms with Crippen LogP contribution in [0.5, 0.6) is 0 Å². The fraction of sp³-hybridized carbons (Fsp3) is 0. The zero-order chi connectivity index (χ0) is 15.3. The van der Waals surface area contributed by atoms with Crippen molar-refractivity contribution in [3.05, 3.63) is 74.5 Å². The Kier molecular flexibility index (Phi) is 2.80. The number of aromatic nitrogens is 2. The number of hydrogen-bond donors (Lipinski definition) is 0. The van der Waals surface area contributed by atoms with E-state index in [1.807, 2.05) is 24.3 Å². The Morgan fingerprint density at radius 2 is 1.95 bits per heavy atom. The smallest absolute Gasteiger partial charge is 0.267 e. The summed E-state index contributed by atoms with van der Waals surface area (Å²) >= 11 is 1.18. The summed E-state index contributed by atoms with van der Waals surface area (Å²) < 4.78 is 28.5. The number of halogens is 2. The number of imidazole rings is 1. The van der Waals surface area contributed by atoms with Crippen LogP contribution in [-0.2, 0) is 0 Å². The Bertz CT molecular complexity index is 1130. The van der Waals surface area contributed by atoms with E-state index < -0.39 is 11.6 Å². The molecule has 108 valence electrons. The number of hydrogen-bond acceptors (Lipinski definition) is 3. The SMILES string of the molecule is O=c1c(=Cc2ccc(F)cc2F)sc2nc3ccccc3n12. The molecule has 0 aliphatic rings. The van der Waals surface area contributed by atoms with Gasteiger partial charge in [0.15, 0.2) is 4.96 Å². The van der Waals surface area contributed by atoms with Crippen LogP contribution in [0.2, 0.25) is 0 Å². The minimum absolute atomic E-state index is 0.173. The Hall–Kier alpha value is -2.60. The molecule has 3 nitrogen and oxygen atoms in total. The summed E-state index contributed by atoms with van der Waals surface area (Å²) in [6.07, 6.45) is 1.42. The number of benzene rings is 2. The van der Waals surface area contributed by atoms with Crippen LogP contribution in [-0.4, -0.2) is 9.38 Å². The summed E-state index contributed by atoms with van der Waals surface area (Å²) in [6.45, 7) is 0. The third-order valence-corrected chi connectivity index (χ3v) is 4.36. The van der Waals surface area contributed by atoms with E-state index >= 15 is 0 Å². The average molecular weight is 314 g/mol. The molecular weight excluding hydrogens is 306 g/mol. The Morgan fingerprint density at radius 1 is 1.14 bits per heavy atom. The first kappa shape index (κ1) is 13.1. The number of nitrogens with zero attached hydrogens (tertiary/aromatic N) is 2. The first-order chi connectivity index (χ1) is 10.6. The highest BCUT2D eigenvalue weighted by Gasteiger charge is 2.11. The van der Waals surface area contributed by atoms with Gasteiger partial charge in [-0.15, -0.1) is 0 Å².